The van der Waals surface area contributed by atoms with Crippen molar-refractivity contribution in [3.63, 3.8) is 0 Å². The summed E-state index contributed by atoms with van der Waals surface area (Å²) in [7, 11) is 4.00. The second kappa shape index (κ2) is 11.4. The Hall–Kier alpha value is -3.02. The number of fused-ring (bicyclic) bond motifs is 1. The third-order valence-corrected chi connectivity index (χ3v) is 6.10. The molecule has 0 saturated carbocycles. The van der Waals surface area contributed by atoms with Gasteiger partial charge in [0.05, 0.1) is 19.4 Å². The van der Waals surface area contributed by atoms with Crippen LogP contribution < -0.4 is 20.1 Å². The molecule has 0 bridgehead atoms. The first-order chi connectivity index (χ1) is 16.5. The first kappa shape index (κ1) is 24.1. The fourth-order valence-corrected chi connectivity index (χ4v) is 4.23. The molecule has 0 aliphatic carbocycles. The molecule has 2 N–H and O–H groups in total. The van der Waals surface area contributed by atoms with E-state index in [1.807, 2.05) is 33.2 Å². The first-order valence-electron chi connectivity index (χ1n) is 11.3. The highest BCUT2D eigenvalue weighted by Gasteiger charge is 2.20. The molecule has 1 unspecified atom stereocenters. The van der Waals surface area contributed by atoms with Crippen molar-refractivity contribution >= 4 is 32.8 Å². The normalized spacial score (nSPS) is 15.6. The van der Waals surface area contributed by atoms with Gasteiger partial charge in [0.25, 0.3) is 0 Å². The standard InChI is InChI=1S/C23H30N6O4S/c1-4-25-22(30)28-23-26-19-10-18(16-9-17(12-24-11-16)32-8-6-29(2)3)20(27-21(19)34-23)33-14-15-5-7-31-13-15/h9-12,15H,4-8,13-14H2,1-3H3,(H2,25,26,28,30). The maximum Gasteiger partial charge on any atom is 0.321 e. The van der Waals surface area contributed by atoms with Crippen molar-refractivity contribution in [3.8, 4) is 22.8 Å². The number of hydrogen-bond acceptors (Lipinski definition) is 9. The van der Waals surface area contributed by atoms with Gasteiger partial charge in [-0.3, -0.25) is 10.3 Å². The van der Waals surface area contributed by atoms with E-state index in [1.165, 1.54) is 11.3 Å². The largest absolute Gasteiger partial charge is 0.491 e. The molecule has 0 aromatic carbocycles. The van der Waals surface area contributed by atoms with Crippen molar-refractivity contribution in [1.29, 1.82) is 0 Å². The Bertz CT molecular complexity index is 1120. The number of rotatable bonds is 10. The highest BCUT2D eigenvalue weighted by molar-refractivity contribution is 7.22. The molecule has 1 atom stereocenters. The molecule has 4 rings (SSSR count). The van der Waals surface area contributed by atoms with Crippen LogP contribution in [0.15, 0.2) is 24.5 Å². The molecule has 1 saturated heterocycles. The lowest BCUT2D eigenvalue weighted by molar-refractivity contribution is 0.166. The zero-order valence-electron chi connectivity index (χ0n) is 19.7. The number of carbonyl (C=O) groups is 1. The van der Waals surface area contributed by atoms with Crippen LogP contribution in [0.25, 0.3) is 21.5 Å². The van der Waals surface area contributed by atoms with Crippen molar-refractivity contribution < 1.29 is 19.0 Å². The number of carbonyl (C=O) groups excluding carboxylic acids is 1. The van der Waals surface area contributed by atoms with Gasteiger partial charge in [-0.25, -0.2) is 14.8 Å². The minimum absolute atomic E-state index is 0.300. The summed E-state index contributed by atoms with van der Waals surface area (Å²) in [5, 5.41) is 5.93. The molecule has 0 radical (unpaired) electrons. The third-order valence-electron chi connectivity index (χ3n) is 5.22. The SMILES string of the molecule is CCNC(=O)Nc1nc2cc(-c3cncc(OCCN(C)C)c3)c(OCC3CCOC3)nc2s1. The summed E-state index contributed by atoms with van der Waals surface area (Å²) >= 11 is 1.30. The molecule has 11 heteroatoms. The van der Waals surface area contributed by atoms with E-state index in [0.29, 0.717) is 59.4 Å². The van der Waals surface area contributed by atoms with E-state index in [2.05, 4.69) is 25.5 Å². The predicted molar refractivity (Wildman–Crippen MR) is 132 cm³/mol. The predicted octanol–water partition coefficient (Wildman–Crippen LogP) is 3.25. The van der Waals surface area contributed by atoms with E-state index < -0.39 is 0 Å². The average Bonchev–Trinajstić information content (AvgIpc) is 3.46. The molecular formula is C23H30N6O4S. The van der Waals surface area contributed by atoms with Gasteiger partial charge >= 0.3 is 6.03 Å². The molecule has 1 aliphatic heterocycles. The van der Waals surface area contributed by atoms with Gasteiger partial charge in [0.2, 0.25) is 5.88 Å². The van der Waals surface area contributed by atoms with Gasteiger partial charge in [-0.05, 0) is 39.6 Å². The Morgan fingerprint density at radius 3 is 2.91 bits per heavy atom. The molecule has 1 aliphatic rings. The van der Waals surface area contributed by atoms with Gasteiger partial charge in [-0.15, -0.1) is 0 Å². The number of nitrogens with zero attached hydrogens (tertiary/aromatic N) is 4. The topological polar surface area (TPSA) is 111 Å². The van der Waals surface area contributed by atoms with E-state index in [-0.39, 0.29) is 6.03 Å². The van der Waals surface area contributed by atoms with Gasteiger partial charge in [-0.1, -0.05) is 11.3 Å². The van der Waals surface area contributed by atoms with Crippen LogP contribution in [-0.4, -0.2) is 79.5 Å². The lowest BCUT2D eigenvalue weighted by atomic mass is 10.1. The van der Waals surface area contributed by atoms with Gasteiger partial charge in [-0.2, -0.15) is 0 Å². The number of thiazole rings is 1. The number of likely N-dealkylation sites (N-methyl/N-ethyl adjacent to an activating group) is 1. The molecule has 182 valence electrons. The van der Waals surface area contributed by atoms with E-state index in [4.69, 9.17) is 19.2 Å². The van der Waals surface area contributed by atoms with Crippen LogP contribution in [0.5, 0.6) is 11.6 Å². The summed E-state index contributed by atoms with van der Waals surface area (Å²) in [4.78, 5) is 28.3. The maximum atomic E-state index is 11.9. The Kier molecular flexibility index (Phi) is 8.09. The van der Waals surface area contributed by atoms with Crippen LogP contribution >= 0.6 is 11.3 Å². The number of anilines is 1. The highest BCUT2D eigenvalue weighted by atomic mass is 32.1. The fraction of sp³-hybridized carbons (Fsp3) is 0.478. The third kappa shape index (κ3) is 6.31. The number of urea groups is 1. The highest BCUT2D eigenvalue weighted by Crippen LogP contribution is 2.36. The minimum atomic E-state index is -0.300. The molecule has 2 amide bonds. The monoisotopic (exact) mass is 486 g/mol. The quantitative estimate of drug-likeness (QED) is 0.449. The van der Waals surface area contributed by atoms with Crippen molar-refractivity contribution in [3.05, 3.63) is 24.5 Å². The van der Waals surface area contributed by atoms with Crippen LogP contribution in [0, 0.1) is 5.92 Å². The van der Waals surface area contributed by atoms with Crippen LogP contribution in [0.4, 0.5) is 9.93 Å². The molecule has 0 spiro atoms. The number of hydrogen-bond donors (Lipinski definition) is 2. The van der Waals surface area contributed by atoms with E-state index in [9.17, 15) is 4.79 Å². The van der Waals surface area contributed by atoms with Gasteiger partial charge in [0, 0.05) is 42.9 Å². The summed E-state index contributed by atoms with van der Waals surface area (Å²) in [6.45, 7) is 5.71. The number of pyridine rings is 2. The zero-order valence-corrected chi connectivity index (χ0v) is 20.5. The van der Waals surface area contributed by atoms with Crippen LogP contribution in [0.3, 0.4) is 0 Å². The maximum absolute atomic E-state index is 11.9. The summed E-state index contributed by atoms with van der Waals surface area (Å²) in [5.74, 6) is 1.51. The Labute approximate surface area is 202 Å². The molecule has 1 fully saturated rings. The van der Waals surface area contributed by atoms with Gasteiger partial charge in [0.1, 0.15) is 22.7 Å². The minimum Gasteiger partial charge on any atom is -0.491 e. The zero-order chi connectivity index (χ0) is 23.9. The van der Waals surface area contributed by atoms with E-state index in [0.717, 1.165) is 30.7 Å². The smallest absolute Gasteiger partial charge is 0.321 e. The molecule has 10 nitrogen and oxygen atoms in total. The first-order valence-corrected chi connectivity index (χ1v) is 12.1. The Balaban J connectivity index is 1.63. The van der Waals surface area contributed by atoms with E-state index in [1.54, 1.807) is 12.4 Å². The summed E-state index contributed by atoms with van der Waals surface area (Å²) < 4.78 is 17.5. The number of nitrogens with one attached hydrogen (secondary N) is 2. The average molecular weight is 487 g/mol. The fourth-order valence-electron chi connectivity index (χ4n) is 3.42. The summed E-state index contributed by atoms with van der Waals surface area (Å²) in [6, 6.07) is 3.55. The lowest BCUT2D eigenvalue weighted by Gasteiger charge is -2.14. The molecular weight excluding hydrogens is 456 g/mol. The van der Waals surface area contributed by atoms with Crippen LogP contribution in [0.1, 0.15) is 13.3 Å². The molecule has 3 aromatic rings. The van der Waals surface area contributed by atoms with Crippen molar-refractivity contribution in [2.45, 2.75) is 13.3 Å². The Morgan fingerprint density at radius 2 is 2.15 bits per heavy atom. The Morgan fingerprint density at radius 1 is 1.26 bits per heavy atom. The molecule has 34 heavy (non-hydrogen) atoms. The lowest BCUT2D eigenvalue weighted by Crippen LogP contribution is -2.28. The second-order valence-corrected chi connectivity index (χ2v) is 9.25. The van der Waals surface area contributed by atoms with Crippen molar-refractivity contribution in [2.75, 3.05) is 58.9 Å². The second-order valence-electron chi connectivity index (χ2n) is 8.27. The molecule has 3 aromatic heterocycles. The van der Waals surface area contributed by atoms with Crippen LogP contribution in [0.2, 0.25) is 0 Å². The summed E-state index contributed by atoms with van der Waals surface area (Å²) in [6.07, 6.45) is 4.42. The number of amides is 2. The van der Waals surface area contributed by atoms with Crippen LogP contribution in [-0.2, 0) is 4.74 Å². The van der Waals surface area contributed by atoms with Gasteiger partial charge in [0.15, 0.2) is 5.13 Å². The van der Waals surface area contributed by atoms with Crippen molar-refractivity contribution in [2.24, 2.45) is 5.92 Å². The van der Waals surface area contributed by atoms with Crippen molar-refractivity contribution in [1.82, 2.24) is 25.2 Å². The van der Waals surface area contributed by atoms with E-state index >= 15 is 0 Å². The van der Waals surface area contributed by atoms with Gasteiger partial charge < -0.3 is 24.4 Å². The summed E-state index contributed by atoms with van der Waals surface area (Å²) in [5.41, 5.74) is 2.26. The molecule has 4 heterocycles. The number of aromatic nitrogens is 3. The number of ether oxygens (including phenoxy) is 3.